The van der Waals surface area contributed by atoms with Gasteiger partial charge in [-0.15, -0.1) is 0 Å². The molecule has 0 amide bonds. The van der Waals surface area contributed by atoms with Crippen molar-refractivity contribution < 1.29 is 23.2 Å². The minimum Gasteiger partial charge on any atom is -0.395 e. The lowest BCUT2D eigenvalue weighted by Crippen LogP contribution is -2.67. The van der Waals surface area contributed by atoms with Crippen molar-refractivity contribution in [3.63, 3.8) is 0 Å². The molecule has 4 atom stereocenters. The number of halogens is 1. The predicted octanol–water partition coefficient (Wildman–Crippen LogP) is 6.79. The Hall–Kier alpha value is -4.27. The molecule has 0 radical (unpaired) electrons. The Bertz CT molecular complexity index is 1990. The average Bonchev–Trinajstić information content (AvgIpc) is 3.19. The Balaban J connectivity index is 1.41. The Morgan fingerprint density at radius 2 is 1.35 bits per heavy atom. The van der Waals surface area contributed by atoms with Crippen LogP contribution in [0.25, 0.3) is 0 Å². The quantitative estimate of drug-likeness (QED) is 0.0598. The van der Waals surface area contributed by atoms with Crippen LogP contribution in [-0.2, 0) is 20.4 Å². The van der Waals surface area contributed by atoms with Gasteiger partial charge in [0.2, 0.25) is 10.0 Å². The van der Waals surface area contributed by atoms with Gasteiger partial charge in [-0.2, -0.15) is 0 Å². The van der Waals surface area contributed by atoms with Gasteiger partial charge in [0.05, 0.1) is 18.1 Å². The molecule has 5 aromatic rings. The van der Waals surface area contributed by atoms with Gasteiger partial charge in [0.25, 0.3) is 5.69 Å². The SMILES string of the molecule is CN(C)[C@H](CO)CCN1[C@H](COC(c2ccccc2)(c2ccccc2)c2ccccc2)[C@H](c2ccc(Br)cc2)[C@@H]1CNS(=O)(=O)c1ccccc1[N+](=O)[O-]. The lowest BCUT2D eigenvalue weighted by molar-refractivity contribution is -0.387. The summed E-state index contributed by atoms with van der Waals surface area (Å²) in [5.41, 5.74) is 2.45. The van der Waals surface area contributed by atoms with E-state index in [0.29, 0.717) is 13.0 Å². The second-order valence-corrected chi connectivity index (χ2v) is 16.4. The normalized spacial score (nSPS) is 18.3. The van der Waals surface area contributed by atoms with Gasteiger partial charge in [0, 0.05) is 47.7 Å². The maximum atomic E-state index is 13.7. The number of sulfonamides is 1. The topological polar surface area (TPSA) is 125 Å². The molecular formula is C42H45BrN4O6S. The van der Waals surface area contributed by atoms with Crippen molar-refractivity contribution in [3.05, 3.63) is 176 Å². The third-order valence-corrected chi connectivity index (χ3v) is 12.4. The first-order chi connectivity index (χ1) is 26.1. The molecule has 1 heterocycles. The van der Waals surface area contributed by atoms with Gasteiger partial charge in [-0.3, -0.25) is 15.0 Å². The van der Waals surface area contributed by atoms with Crippen molar-refractivity contribution in [2.24, 2.45) is 0 Å². The molecule has 0 saturated carbocycles. The lowest BCUT2D eigenvalue weighted by atomic mass is 9.74. The zero-order valence-electron chi connectivity index (χ0n) is 30.2. The fraction of sp³-hybridized carbons (Fsp3) is 0.286. The molecule has 282 valence electrons. The Morgan fingerprint density at radius 3 is 1.85 bits per heavy atom. The van der Waals surface area contributed by atoms with Gasteiger partial charge in [-0.1, -0.05) is 131 Å². The second kappa shape index (κ2) is 17.5. The highest BCUT2D eigenvalue weighted by atomic mass is 79.9. The van der Waals surface area contributed by atoms with E-state index >= 15 is 0 Å². The number of nitrogens with zero attached hydrogens (tertiary/aromatic N) is 3. The average molecular weight is 814 g/mol. The molecule has 0 aromatic heterocycles. The van der Waals surface area contributed by atoms with Crippen molar-refractivity contribution in [1.82, 2.24) is 14.5 Å². The van der Waals surface area contributed by atoms with E-state index in [9.17, 15) is 23.6 Å². The summed E-state index contributed by atoms with van der Waals surface area (Å²) in [6.07, 6.45) is 0.613. The number of likely N-dealkylation sites (tertiary alicyclic amines) is 1. The molecule has 10 nitrogen and oxygen atoms in total. The molecule has 6 rings (SSSR count). The van der Waals surface area contributed by atoms with Crippen LogP contribution < -0.4 is 4.72 Å². The summed E-state index contributed by atoms with van der Waals surface area (Å²) in [4.78, 5) is 15.0. The minimum absolute atomic E-state index is 0.00142. The first-order valence-corrected chi connectivity index (χ1v) is 20.2. The summed E-state index contributed by atoms with van der Waals surface area (Å²) in [6, 6.07) is 43.2. The van der Waals surface area contributed by atoms with Crippen LogP contribution in [-0.4, -0.2) is 86.8 Å². The van der Waals surface area contributed by atoms with Crippen molar-refractivity contribution in [2.75, 3.05) is 40.4 Å². The molecule has 0 aliphatic carbocycles. The Kier molecular flexibility index (Phi) is 12.7. The van der Waals surface area contributed by atoms with E-state index in [4.69, 9.17) is 4.74 Å². The van der Waals surface area contributed by atoms with Crippen LogP contribution in [0.3, 0.4) is 0 Å². The van der Waals surface area contributed by atoms with Crippen LogP contribution in [0.15, 0.2) is 149 Å². The van der Waals surface area contributed by atoms with E-state index in [-0.39, 0.29) is 48.7 Å². The zero-order valence-corrected chi connectivity index (χ0v) is 32.6. The smallest absolute Gasteiger partial charge is 0.289 e. The molecule has 2 N–H and O–H groups in total. The summed E-state index contributed by atoms with van der Waals surface area (Å²) < 4.78 is 38.4. The first kappa shape index (κ1) is 39.4. The Labute approximate surface area is 325 Å². The highest BCUT2D eigenvalue weighted by molar-refractivity contribution is 9.10. The number of benzene rings is 5. The molecule has 54 heavy (non-hydrogen) atoms. The molecule has 0 bridgehead atoms. The van der Waals surface area contributed by atoms with Gasteiger partial charge < -0.3 is 14.7 Å². The predicted molar refractivity (Wildman–Crippen MR) is 214 cm³/mol. The number of ether oxygens (including phenoxy) is 1. The van der Waals surface area contributed by atoms with Crippen LogP contribution in [0, 0.1) is 10.1 Å². The van der Waals surface area contributed by atoms with Crippen molar-refractivity contribution in [1.29, 1.82) is 0 Å². The Morgan fingerprint density at radius 1 is 0.833 bits per heavy atom. The van der Waals surface area contributed by atoms with Crippen molar-refractivity contribution in [2.45, 2.75) is 41.0 Å². The lowest BCUT2D eigenvalue weighted by Gasteiger charge is -2.56. The summed E-state index contributed by atoms with van der Waals surface area (Å²) in [6.45, 7) is 0.779. The zero-order chi connectivity index (χ0) is 38.3. The molecule has 1 saturated heterocycles. The third kappa shape index (κ3) is 8.35. The van der Waals surface area contributed by atoms with E-state index in [1.165, 1.54) is 24.3 Å². The van der Waals surface area contributed by atoms with Crippen LogP contribution in [0.5, 0.6) is 0 Å². The number of hydrogen-bond donors (Lipinski definition) is 2. The van der Waals surface area contributed by atoms with Crippen LogP contribution in [0.4, 0.5) is 5.69 Å². The van der Waals surface area contributed by atoms with Gasteiger partial charge in [0.15, 0.2) is 4.90 Å². The van der Waals surface area contributed by atoms with E-state index in [1.54, 1.807) is 0 Å². The number of nitro groups is 1. The third-order valence-electron chi connectivity index (χ3n) is 10.4. The molecule has 5 aromatic carbocycles. The first-order valence-electron chi connectivity index (χ1n) is 17.9. The number of likely N-dealkylation sites (N-methyl/N-ethyl adjacent to an activating group) is 1. The fourth-order valence-corrected chi connectivity index (χ4v) is 9.10. The maximum absolute atomic E-state index is 13.7. The van der Waals surface area contributed by atoms with Crippen LogP contribution in [0.2, 0.25) is 0 Å². The molecule has 12 heteroatoms. The van der Waals surface area contributed by atoms with Crippen molar-refractivity contribution in [3.8, 4) is 0 Å². The van der Waals surface area contributed by atoms with Crippen molar-refractivity contribution >= 4 is 31.6 Å². The molecule has 0 unspecified atom stereocenters. The number of rotatable bonds is 17. The van der Waals surface area contributed by atoms with Gasteiger partial charge in [-0.25, -0.2) is 13.1 Å². The number of aliphatic hydroxyl groups is 1. The number of para-hydroxylation sites is 1. The van der Waals surface area contributed by atoms with E-state index < -0.39 is 26.2 Å². The second-order valence-electron chi connectivity index (χ2n) is 13.7. The fourth-order valence-electron chi connectivity index (χ4n) is 7.62. The van der Waals surface area contributed by atoms with Crippen LogP contribution in [0.1, 0.15) is 34.6 Å². The summed E-state index contributed by atoms with van der Waals surface area (Å²) in [5, 5.41) is 22.0. The van der Waals surface area contributed by atoms with E-state index in [2.05, 4.69) is 62.0 Å². The summed E-state index contributed by atoms with van der Waals surface area (Å²) in [5.74, 6) is -0.182. The number of nitro benzene ring substituents is 1. The molecule has 1 aliphatic rings. The number of nitrogens with one attached hydrogen (secondary N) is 1. The summed E-state index contributed by atoms with van der Waals surface area (Å²) in [7, 11) is -0.408. The molecule has 0 spiro atoms. The molecular weight excluding hydrogens is 768 g/mol. The standard InChI is InChI=1S/C42H45BrN4O6S/c1-45(2)36(29-48)26-27-46-38(28-44-54(51,52)40-21-13-12-20-37(40)47(49)50)41(31-22-24-35(43)25-23-31)39(46)30-53-42(32-14-6-3-7-15-32,33-16-8-4-9-17-33)34-18-10-5-11-19-34/h3-25,36,38-39,41,44,48H,26-30H2,1-2H3/t36-,38-,39+,41+/m0/s1. The highest BCUT2D eigenvalue weighted by Gasteiger charge is 2.51. The van der Waals surface area contributed by atoms with Gasteiger partial charge in [0.1, 0.15) is 5.60 Å². The minimum atomic E-state index is -4.26. The van der Waals surface area contributed by atoms with E-state index in [0.717, 1.165) is 26.7 Å². The number of aliphatic hydroxyl groups excluding tert-OH is 1. The number of hydrogen-bond acceptors (Lipinski definition) is 8. The van der Waals surface area contributed by atoms with E-state index in [1.807, 2.05) is 97.9 Å². The summed E-state index contributed by atoms with van der Waals surface area (Å²) >= 11 is 3.56. The van der Waals surface area contributed by atoms with Crippen LogP contribution >= 0.6 is 15.9 Å². The molecule has 1 fully saturated rings. The monoisotopic (exact) mass is 812 g/mol. The van der Waals surface area contributed by atoms with Gasteiger partial charge in [-0.05, 0) is 61.0 Å². The highest BCUT2D eigenvalue weighted by Crippen LogP contribution is 2.45. The largest absolute Gasteiger partial charge is 0.395 e. The maximum Gasteiger partial charge on any atom is 0.289 e. The molecule has 1 aliphatic heterocycles. The van der Waals surface area contributed by atoms with Gasteiger partial charge >= 0.3 is 0 Å².